The van der Waals surface area contributed by atoms with E-state index < -0.39 is 5.60 Å². The molecule has 0 aliphatic heterocycles. The van der Waals surface area contributed by atoms with Crippen LogP contribution in [0.2, 0.25) is 0 Å². The van der Waals surface area contributed by atoms with Gasteiger partial charge < -0.3 is 14.8 Å². The lowest BCUT2D eigenvalue weighted by atomic mass is 9.84. The van der Waals surface area contributed by atoms with E-state index in [2.05, 4.69) is 19.2 Å². The van der Waals surface area contributed by atoms with E-state index in [1.807, 2.05) is 26.0 Å². The van der Waals surface area contributed by atoms with Crippen molar-refractivity contribution in [3.63, 3.8) is 0 Å². The topological polar surface area (TPSA) is 47.6 Å². The van der Waals surface area contributed by atoms with Crippen LogP contribution in [0, 0.1) is 13.8 Å². The Balaban J connectivity index is 2.16. The van der Waals surface area contributed by atoms with Gasteiger partial charge in [0.1, 0.15) is 11.4 Å². The van der Waals surface area contributed by atoms with Gasteiger partial charge in [0.2, 0.25) is 0 Å². The van der Waals surface area contributed by atoms with Crippen LogP contribution in [0.15, 0.2) is 12.1 Å². The average Bonchev–Trinajstić information content (AvgIpc) is 2.58. The number of benzene rings is 1. The zero-order valence-corrected chi connectivity index (χ0v) is 15.7. The molecule has 4 nitrogen and oxygen atoms in total. The van der Waals surface area contributed by atoms with Crippen LogP contribution in [0.1, 0.15) is 63.5 Å². The predicted octanol–water partition coefficient (Wildman–Crippen LogP) is 4.77. The summed E-state index contributed by atoms with van der Waals surface area (Å²) in [4.78, 5) is 12.8. The van der Waals surface area contributed by atoms with Crippen LogP contribution in [0.25, 0.3) is 0 Å². The van der Waals surface area contributed by atoms with Gasteiger partial charge in [-0.3, -0.25) is 4.79 Å². The van der Waals surface area contributed by atoms with Gasteiger partial charge in [-0.1, -0.05) is 26.2 Å². The van der Waals surface area contributed by atoms with Crippen LogP contribution in [0.4, 0.5) is 5.69 Å². The molecule has 1 aromatic carbocycles. The Kier molecular flexibility index (Phi) is 6.27. The molecule has 0 spiro atoms. The molecule has 2 rings (SSSR count). The van der Waals surface area contributed by atoms with Gasteiger partial charge in [0.15, 0.2) is 0 Å². The lowest BCUT2D eigenvalue weighted by Gasteiger charge is -2.34. The van der Waals surface area contributed by atoms with Crippen molar-refractivity contribution in [2.45, 2.75) is 77.9 Å². The van der Waals surface area contributed by atoms with Crippen LogP contribution in [0.3, 0.4) is 0 Å². The fourth-order valence-electron chi connectivity index (χ4n) is 3.38. The van der Waals surface area contributed by atoms with Crippen LogP contribution in [-0.4, -0.2) is 24.7 Å². The average molecular weight is 333 g/mol. The molecule has 0 radical (unpaired) electrons. The summed E-state index contributed by atoms with van der Waals surface area (Å²) in [6, 6.07) is 3.96. The molecule has 134 valence electrons. The number of carbonyl (C=O) groups is 1. The minimum absolute atomic E-state index is 0.0286. The Morgan fingerprint density at radius 2 is 1.79 bits per heavy atom. The molecule has 1 unspecified atom stereocenters. The second-order valence-corrected chi connectivity index (χ2v) is 6.99. The first-order chi connectivity index (χ1) is 11.4. The van der Waals surface area contributed by atoms with E-state index in [9.17, 15) is 4.79 Å². The number of hydrogen-bond acceptors (Lipinski definition) is 3. The molecule has 1 atom stereocenters. The zero-order chi connectivity index (χ0) is 17.7. The van der Waals surface area contributed by atoms with E-state index in [1.165, 1.54) is 6.42 Å². The molecule has 0 heterocycles. The molecule has 1 aliphatic carbocycles. The molecular weight excluding hydrogens is 302 g/mol. The van der Waals surface area contributed by atoms with Gasteiger partial charge in [0.05, 0.1) is 6.10 Å². The highest BCUT2D eigenvalue weighted by Gasteiger charge is 2.39. The van der Waals surface area contributed by atoms with Crippen molar-refractivity contribution in [1.29, 1.82) is 0 Å². The van der Waals surface area contributed by atoms with E-state index in [-0.39, 0.29) is 12.0 Å². The molecule has 1 aromatic rings. The van der Waals surface area contributed by atoms with Crippen LogP contribution < -0.4 is 10.1 Å². The van der Waals surface area contributed by atoms with Gasteiger partial charge in [-0.05, 0) is 63.3 Å². The quantitative estimate of drug-likeness (QED) is 0.816. The molecule has 1 N–H and O–H groups in total. The minimum Gasteiger partial charge on any atom is -0.490 e. The molecule has 24 heavy (non-hydrogen) atoms. The van der Waals surface area contributed by atoms with Gasteiger partial charge in [-0.2, -0.15) is 0 Å². The van der Waals surface area contributed by atoms with Crippen LogP contribution in [-0.2, 0) is 9.53 Å². The molecule has 1 fully saturated rings. The summed E-state index contributed by atoms with van der Waals surface area (Å²) in [5.74, 6) is 0.889. The summed E-state index contributed by atoms with van der Waals surface area (Å²) in [6.45, 7) is 8.22. The Morgan fingerprint density at radius 1 is 1.21 bits per heavy atom. The molecule has 0 aromatic heterocycles. The number of ether oxygens (including phenoxy) is 2. The van der Waals surface area contributed by atoms with Gasteiger partial charge in [0.25, 0.3) is 5.91 Å². The number of methoxy groups -OCH3 is 1. The number of amides is 1. The van der Waals surface area contributed by atoms with Crippen molar-refractivity contribution in [2.24, 2.45) is 0 Å². The highest BCUT2D eigenvalue weighted by molar-refractivity contribution is 5.97. The van der Waals surface area contributed by atoms with Crippen molar-refractivity contribution in [2.75, 3.05) is 12.4 Å². The summed E-state index contributed by atoms with van der Waals surface area (Å²) in [7, 11) is 1.64. The minimum atomic E-state index is -0.675. The summed E-state index contributed by atoms with van der Waals surface area (Å²) >= 11 is 0. The van der Waals surface area contributed by atoms with E-state index in [1.54, 1.807) is 7.11 Å². The maximum atomic E-state index is 12.8. The summed E-state index contributed by atoms with van der Waals surface area (Å²) in [6.07, 6.45) is 6.00. The van der Waals surface area contributed by atoms with E-state index in [4.69, 9.17) is 9.47 Å². The molecule has 1 aliphatic rings. The molecule has 1 amide bonds. The third-order valence-electron chi connectivity index (χ3n) is 5.08. The number of hydrogen-bond donors (Lipinski definition) is 1. The first-order valence-electron chi connectivity index (χ1n) is 9.06. The zero-order valence-electron chi connectivity index (χ0n) is 15.7. The Morgan fingerprint density at radius 3 is 2.29 bits per heavy atom. The first-order valence-corrected chi connectivity index (χ1v) is 9.06. The van der Waals surface area contributed by atoms with Gasteiger partial charge in [-0.25, -0.2) is 0 Å². The number of rotatable bonds is 6. The van der Waals surface area contributed by atoms with Crippen LogP contribution >= 0.6 is 0 Å². The summed E-state index contributed by atoms with van der Waals surface area (Å²) in [5.41, 5.74) is 2.22. The lowest BCUT2D eigenvalue weighted by Crippen LogP contribution is -2.46. The monoisotopic (exact) mass is 333 g/mol. The Bertz CT molecular complexity index is 553. The largest absolute Gasteiger partial charge is 0.490 e. The first kappa shape index (κ1) is 18.8. The number of nitrogens with one attached hydrogen (secondary N) is 1. The van der Waals surface area contributed by atoms with Crippen molar-refractivity contribution < 1.29 is 14.3 Å². The van der Waals surface area contributed by atoms with E-state index >= 15 is 0 Å². The third kappa shape index (κ3) is 4.10. The second-order valence-electron chi connectivity index (χ2n) is 6.99. The molecule has 0 bridgehead atoms. The van der Waals surface area contributed by atoms with Gasteiger partial charge in [0, 0.05) is 12.8 Å². The number of anilines is 1. The Hall–Kier alpha value is -1.55. The van der Waals surface area contributed by atoms with Gasteiger partial charge >= 0.3 is 0 Å². The normalized spacial score (nSPS) is 18.0. The molecule has 1 saturated carbocycles. The Labute approximate surface area is 145 Å². The highest BCUT2D eigenvalue weighted by atomic mass is 16.5. The summed E-state index contributed by atoms with van der Waals surface area (Å²) < 4.78 is 11.6. The maximum Gasteiger partial charge on any atom is 0.256 e. The molecular formula is C20H31NO3. The van der Waals surface area contributed by atoms with E-state index in [0.717, 1.165) is 54.7 Å². The highest BCUT2D eigenvalue weighted by Crippen LogP contribution is 2.33. The third-order valence-corrected chi connectivity index (χ3v) is 5.08. The van der Waals surface area contributed by atoms with Gasteiger partial charge in [-0.15, -0.1) is 0 Å². The fraction of sp³-hybridized carbons (Fsp3) is 0.650. The standard InChI is InChI=1S/C20H31NO3/c1-6-16(4)24-18-14(2)12-17(13-15(18)3)21-19(22)20(23-5)10-8-7-9-11-20/h12-13,16H,6-11H2,1-5H3,(H,21,22). The van der Waals surface area contributed by atoms with Crippen molar-refractivity contribution in [1.82, 2.24) is 0 Å². The fourth-order valence-corrected chi connectivity index (χ4v) is 3.38. The number of aryl methyl sites for hydroxylation is 2. The van der Waals surface area contributed by atoms with Crippen molar-refractivity contribution in [3.05, 3.63) is 23.3 Å². The SMILES string of the molecule is CCC(C)Oc1c(C)cc(NC(=O)C2(OC)CCCCC2)cc1C. The maximum absolute atomic E-state index is 12.8. The van der Waals surface area contributed by atoms with Crippen LogP contribution in [0.5, 0.6) is 5.75 Å². The lowest BCUT2D eigenvalue weighted by molar-refractivity contribution is -0.141. The predicted molar refractivity (Wildman–Crippen MR) is 97.8 cm³/mol. The molecule has 0 saturated heterocycles. The smallest absolute Gasteiger partial charge is 0.256 e. The van der Waals surface area contributed by atoms with Crippen molar-refractivity contribution >= 4 is 11.6 Å². The van der Waals surface area contributed by atoms with Crippen molar-refractivity contribution in [3.8, 4) is 5.75 Å². The number of carbonyl (C=O) groups excluding carboxylic acids is 1. The summed E-state index contributed by atoms with van der Waals surface area (Å²) in [5, 5.41) is 3.06. The second kappa shape index (κ2) is 8.02. The van der Waals surface area contributed by atoms with E-state index in [0.29, 0.717) is 0 Å². The molecule has 4 heteroatoms.